The fourth-order valence-electron chi connectivity index (χ4n) is 2.71. The van der Waals surface area contributed by atoms with Gasteiger partial charge in [0.2, 0.25) is 0 Å². The van der Waals surface area contributed by atoms with Crippen molar-refractivity contribution < 1.29 is 0 Å². The first kappa shape index (κ1) is 16.1. The van der Waals surface area contributed by atoms with E-state index < -0.39 is 0 Å². The summed E-state index contributed by atoms with van der Waals surface area (Å²) in [4.78, 5) is 4.29. The molecule has 2 saturated carbocycles. The Balaban J connectivity index is 0.00000162. The predicted octanol–water partition coefficient (Wildman–Crippen LogP) is 3.01. The van der Waals surface area contributed by atoms with E-state index in [1.165, 1.54) is 38.5 Å². The van der Waals surface area contributed by atoms with Gasteiger partial charge in [-0.1, -0.05) is 26.2 Å². The van der Waals surface area contributed by atoms with Crippen LogP contribution in [0.5, 0.6) is 0 Å². The number of rotatable bonds is 4. The van der Waals surface area contributed by atoms with Gasteiger partial charge in [-0.2, -0.15) is 0 Å². The highest BCUT2D eigenvalue weighted by molar-refractivity contribution is 14.0. The van der Waals surface area contributed by atoms with Crippen molar-refractivity contribution in [3.8, 4) is 0 Å². The van der Waals surface area contributed by atoms with E-state index >= 15 is 0 Å². The first-order chi connectivity index (χ1) is 8.29. The molecule has 3 nitrogen and oxygen atoms in total. The Hall–Kier alpha value is 0. The van der Waals surface area contributed by atoms with Crippen molar-refractivity contribution in [2.75, 3.05) is 20.1 Å². The van der Waals surface area contributed by atoms with E-state index in [1.54, 1.807) is 0 Å². The number of nitrogens with one attached hydrogen (secondary N) is 2. The van der Waals surface area contributed by atoms with Gasteiger partial charge in [-0.25, -0.2) is 0 Å². The van der Waals surface area contributed by atoms with Crippen LogP contribution >= 0.6 is 24.0 Å². The molecule has 2 fully saturated rings. The third-order valence-corrected chi connectivity index (χ3v) is 4.30. The smallest absolute Gasteiger partial charge is 0.190 e. The zero-order chi connectivity index (χ0) is 12.1. The maximum Gasteiger partial charge on any atom is 0.190 e. The normalized spacial score (nSPS) is 28.4. The van der Waals surface area contributed by atoms with Crippen molar-refractivity contribution in [1.82, 2.24) is 10.6 Å². The second-order valence-corrected chi connectivity index (χ2v) is 5.80. The van der Waals surface area contributed by atoms with Crippen LogP contribution in [-0.2, 0) is 0 Å². The van der Waals surface area contributed by atoms with Crippen molar-refractivity contribution in [2.45, 2.75) is 45.4 Å². The number of aliphatic imine (C=N–C) groups is 1. The maximum atomic E-state index is 4.29. The lowest BCUT2D eigenvalue weighted by Gasteiger charge is -2.29. The van der Waals surface area contributed by atoms with Crippen molar-refractivity contribution in [3.63, 3.8) is 0 Å². The summed E-state index contributed by atoms with van der Waals surface area (Å²) < 4.78 is 0. The van der Waals surface area contributed by atoms with Crippen LogP contribution in [0.4, 0.5) is 0 Å². The fraction of sp³-hybridized carbons (Fsp3) is 0.929. The molecule has 0 spiro atoms. The lowest BCUT2D eigenvalue weighted by atomic mass is 9.80. The van der Waals surface area contributed by atoms with E-state index in [-0.39, 0.29) is 24.0 Å². The highest BCUT2D eigenvalue weighted by atomic mass is 127. The van der Waals surface area contributed by atoms with Gasteiger partial charge < -0.3 is 10.6 Å². The van der Waals surface area contributed by atoms with Gasteiger partial charge in [0.15, 0.2) is 5.96 Å². The van der Waals surface area contributed by atoms with Crippen LogP contribution in [0.2, 0.25) is 0 Å². The Bertz CT molecular complexity index is 264. The van der Waals surface area contributed by atoms with Crippen molar-refractivity contribution in [2.24, 2.45) is 22.7 Å². The molecule has 2 aliphatic rings. The quantitative estimate of drug-likeness (QED) is 0.457. The van der Waals surface area contributed by atoms with Gasteiger partial charge in [-0.3, -0.25) is 4.99 Å². The SMILES string of the molecule is CN=C(NCC1CC1)NCC1CCCCC1C.I. The van der Waals surface area contributed by atoms with Gasteiger partial charge >= 0.3 is 0 Å². The van der Waals surface area contributed by atoms with Crippen molar-refractivity contribution in [3.05, 3.63) is 0 Å². The predicted molar refractivity (Wildman–Crippen MR) is 88.6 cm³/mol. The summed E-state index contributed by atoms with van der Waals surface area (Å²) in [6.45, 7) is 4.58. The number of hydrogen-bond acceptors (Lipinski definition) is 1. The van der Waals surface area contributed by atoms with E-state index in [4.69, 9.17) is 0 Å². The van der Waals surface area contributed by atoms with Gasteiger partial charge in [-0.05, 0) is 37.0 Å². The van der Waals surface area contributed by atoms with Crippen LogP contribution in [0.15, 0.2) is 4.99 Å². The highest BCUT2D eigenvalue weighted by Gasteiger charge is 2.23. The Labute approximate surface area is 129 Å². The Morgan fingerprint density at radius 1 is 1.06 bits per heavy atom. The number of hydrogen-bond donors (Lipinski definition) is 2. The zero-order valence-electron chi connectivity index (χ0n) is 11.7. The molecule has 0 aromatic rings. The first-order valence-corrected chi connectivity index (χ1v) is 7.24. The molecule has 106 valence electrons. The lowest BCUT2D eigenvalue weighted by Crippen LogP contribution is -2.42. The highest BCUT2D eigenvalue weighted by Crippen LogP contribution is 2.29. The van der Waals surface area contributed by atoms with E-state index in [0.717, 1.165) is 36.8 Å². The second kappa shape index (κ2) is 8.23. The van der Waals surface area contributed by atoms with E-state index in [1.807, 2.05) is 7.05 Å². The van der Waals surface area contributed by atoms with Crippen molar-refractivity contribution >= 4 is 29.9 Å². The second-order valence-electron chi connectivity index (χ2n) is 5.80. The van der Waals surface area contributed by atoms with Gasteiger partial charge in [0.1, 0.15) is 0 Å². The topological polar surface area (TPSA) is 36.4 Å². The standard InChI is InChI=1S/C14H27N3.HI/c1-11-5-3-4-6-13(11)10-17-14(15-2)16-9-12-7-8-12;/h11-13H,3-10H2,1-2H3,(H2,15,16,17);1H. The minimum atomic E-state index is 0. The van der Waals surface area contributed by atoms with Crippen LogP contribution in [0.25, 0.3) is 0 Å². The molecule has 0 aromatic carbocycles. The van der Waals surface area contributed by atoms with Crippen LogP contribution in [0, 0.1) is 17.8 Å². The third kappa shape index (κ3) is 5.33. The van der Waals surface area contributed by atoms with Crippen molar-refractivity contribution in [1.29, 1.82) is 0 Å². The molecule has 2 unspecified atom stereocenters. The average Bonchev–Trinajstić information content (AvgIpc) is 3.15. The first-order valence-electron chi connectivity index (χ1n) is 7.24. The van der Waals surface area contributed by atoms with E-state index in [9.17, 15) is 0 Å². The number of halogens is 1. The van der Waals surface area contributed by atoms with E-state index in [2.05, 4.69) is 22.5 Å². The van der Waals surface area contributed by atoms with Crippen LogP contribution in [0.1, 0.15) is 45.4 Å². The molecule has 0 heterocycles. The van der Waals surface area contributed by atoms with Crippen LogP contribution < -0.4 is 10.6 Å². The molecule has 4 heteroatoms. The largest absolute Gasteiger partial charge is 0.356 e. The maximum absolute atomic E-state index is 4.29. The summed E-state index contributed by atoms with van der Waals surface area (Å²) in [6, 6.07) is 0. The minimum Gasteiger partial charge on any atom is -0.356 e. The Kier molecular flexibility index (Phi) is 7.34. The molecule has 0 saturated heterocycles. The molecule has 18 heavy (non-hydrogen) atoms. The van der Waals surface area contributed by atoms with Gasteiger partial charge in [0.25, 0.3) is 0 Å². The third-order valence-electron chi connectivity index (χ3n) is 4.30. The summed E-state index contributed by atoms with van der Waals surface area (Å²) >= 11 is 0. The molecular formula is C14H28IN3. The zero-order valence-corrected chi connectivity index (χ0v) is 14.1. The minimum absolute atomic E-state index is 0. The van der Waals surface area contributed by atoms with Crippen LogP contribution in [0.3, 0.4) is 0 Å². The fourth-order valence-corrected chi connectivity index (χ4v) is 2.71. The monoisotopic (exact) mass is 365 g/mol. The molecule has 2 aliphatic carbocycles. The molecule has 0 aliphatic heterocycles. The number of guanidine groups is 1. The Morgan fingerprint density at radius 2 is 1.72 bits per heavy atom. The van der Waals surface area contributed by atoms with Gasteiger partial charge in [0, 0.05) is 20.1 Å². The van der Waals surface area contributed by atoms with Gasteiger partial charge in [0.05, 0.1) is 0 Å². The number of nitrogens with zero attached hydrogens (tertiary/aromatic N) is 1. The molecule has 0 bridgehead atoms. The molecule has 0 amide bonds. The van der Waals surface area contributed by atoms with E-state index in [0.29, 0.717) is 0 Å². The molecular weight excluding hydrogens is 337 g/mol. The molecule has 2 atom stereocenters. The molecule has 0 aromatic heterocycles. The summed E-state index contributed by atoms with van der Waals surface area (Å²) in [5.41, 5.74) is 0. The molecule has 2 rings (SSSR count). The summed E-state index contributed by atoms with van der Waals surface area (Å²) in [5.74, 6) is 3.61. The van der Waals surface area contributed by atoms with Crippen LogP contribution in [-0.4, -0.2) is 26.1 Å². The molecule has 2 N–H and O–H groups in total. The molecule has 0 radical (unpaired) electrons. The van der Waals surface area contributed by atoms with Gasteiger partial charge in [-0.15, -0.1) is 24.0 Å². The average molecular weight is 365 g/mol. The Morgan fingerprint density at radius 3 is 2.33 bits per heavy atom. The lowest BCUT2D eigenvalue weighted by molar-refractivity contribution is 0.256. The summed E-state index contributed by atoms with van der Waals surface area (Å²) in [5, 5.41) is 6.92. The summed E-state index contributed by atoms with van der Waals surface area (Å²) in [7, 11) is 1.87. The summed E-state index contributed by atoms with van der Waals surface area (Å²) in [6.07, 6.45) is 8.40.